The number of nitrogens with zero attached hydrogens (tertiary/aromatic N) is 1. The van der Waals surface area contributed by atoms with E-state index in [1.807, 2.05) is 13.8 Å². The highest BCUT2D eigenvalue weighted by Crippen LogP contribution is 2.24. The number of carboxylic acids is 1. The van der Waals surface area contributed by atoms with Crippen LogP contribution in [0.1, 0.15) is 59.8 Å². The summed E-state index contributed by atoms with van der Waals surface area (Å²) >= 11 is 0. The number of aliphatic carboxylic acids is 1. The van der Waals surface area contributed by atoms with Gasteiger partial charge in [0.25, 0.3) is 0 Å². The molecule has 0 saturated heterocycles. The average Bonchev–Trinajstić information content (AvgIpc) is 2.82. The number of carboxylic acid groups (broad SMARTS) is 1. The molecule has 0 aromatic heterocycles. The Labute approximate surface area is 117 Å². The van der Waals surface area contributed by atoms with Gasteiger partial charge in [-0.15, -0.1) is 0 Å². The lowest BCUT2D eigenvalue weighted by Crippen LogP contribution is -2.54. The molecule has 1 rings (SSSR count). The molecular weight excluding hydrogens is 240 g/mol. The van der Waals surface area contributed by atoms with E-state index in [0.29, 0.717) is 12.5 Å². The molecule has 2 N–H and O–H groups in total. The van der Waals surface area contributed by atoms with Crippen LogP contribution in [0.2, 0.25) is 0 Å². The van der Waals surface area contributed by atoms with E-state index in [2.05, 4.69) is 17.1 Å². The monoisotopic (exact) mass is 270 g/mol. The number of rotatable bonds is 8. The first-order chi connectivity index (χ1) is 8.89. The quantitative estimate of drug-likeness (QED) is 0.711. The zero-order valence-electron chi connectivity index (χ0n) is 12.9. The Morgan fingerprint density at radius 3 is 2.42 bits per heavy atom. The van der Waals surface area contributed by atoms with Crippen molar-refractivity contribution in [3.05, 3.63) is 0 Å². The smallest absolute Gasteiger partial charge is 0.323 e. The van der Waals surface area contributed by atoms with Gasteiger partial charge in [-0.25, -0.2) is 0 Å². The van der Waals surface area contributed by atoms with Crippen LogP contribution in [-0.2, 0) is 4.79 Å². The Kier molecular flexibility index (Phi) is 6.27. The van der Waals surface area contributed by atoms with Crippen LogP contribution in [0, 0.1) is 0 Å². The molecule has 4 heteroatoms. The maximum absolute atomic E-state index is 11.5. The van der Waals surface area contributed by atoms with Gasteiger partial charge in [-0.1, -0.05) is 19.8 Å². The lowest BCUT2D eigenvalue weighted by atomic mass is 9.96. The van der Waals surface area contributed by atoms with Crippen molar-refractivity contribution in [3.8, 4) is 0 Å². The van der Waals surface area contributed by atoms with Crippen molar-refractivity contribution in [3.63, 3.8) is 0 Å². The number of nitrogens with one attached hydrogen (secondary N) is 1. The van der Waals surface area contributed by atoms with Gasteiger partial charge in [0.05, 0.1) is 0 Å². The van der Waals surface area contributed by atoms with Gasteiger partial charge in [0.2, 0.25) is 0 Å². The van der Waals surface area contributed by atoms with Gasteiger partial charge in [-0.2, -0.15) is 0 Å². The predicted octanol–water partition coefficient (Wildman–Crippen LogP) is 2.48. The molecule has 1 aliphatic carbocycles. The molecule has 1 aliphatic rings. The molecule has 0 spiro atoms. The van der Waals surface area contributed by atoms with Crippen molar-refractivity contribution in [1.29, 1.82) is 0 Å². The minimum Gasteiger partial charge on any atom is -0.480 e. The molecule has 0 heterocycles. The van der Waals surface area contributed by atoms with Crippen molar-refractivity contribution in [2.75, 3.05) is 13.1 Å². The summed E-state index contributed by atoms with van der Waals surface area (Å²) in [4.78, 5) is 14.0. The van der Waals surface area contributed by atoms with Gasteiger partial charge in [-0.3, -0.25) is 10.1 Å². The van der Waals surface area contributed by atoms with E-state index in [4.69, 9.17) is 0 Å². The van der Waals surface area contributed by atoms with Crippen LogP contribution >= 0.6 is 0 Å². The zero-order valence-corrected chi connectivity index (χ0v) is 12.9. The van der Waals surface area contributed by atoms with Gasteiger partial charge in [-0.05, 0) is 46.6 Å². The molecule has 0 radical (unpaired) electrons. The summed E-state index contributed by atoms with van der Waals surface area (Å²) in [6, 6.07) is 0.852. The fourth-order valence-corrected chi connectivity index (χ4v) is 3.11. The van der Waals surface area contributed by atoms with E-state index in [1.165, 1.54) is 25.7 Å². The summed E-state index contributed by atoms with van der Waals surface area (Å²) in [5, 5.41) is 12.7. The Hall–Kier alpha value is -0.610. The van der Waals surface area contributed by atoms with Crippen molar-refractivity contribution in [2.24, 2.45) is 0 Å². The van der Waals surface area contributed by atoms with Gasteiger partial charge in [0.1, 0.15) is 5.54 Å². The molecule has 1 unspecified atom stereocenters. The van der Waals surface area contributed by atoms with Crippen LogP contribution in [0.25, 0.3) is 0 Å². The van der Waals surface area contributed by atoms with Crippen molar-refractivity contribution < 1.29 is 9.90 Å². The average molecular weight is 270 g/mol. The van der Waals surface area contributed by atoms with Crippen LogP contribution < -0.4 is 5.32 Å². The maximum atomic E-state index is 11.5. The number of carbonyl (C=O) groups is 1. The first-order valence-electron chi connectivity index (χ1n) is 7.64. The second-order valence-electron chi connectivity index (χ2n) is 6.25. The third-order valence-corrected chi connectivity index (χ3v) is 4.23. The van der Waals surface area contributed by atoms with Crippen LogP contribution in [0.4, 0.5) is 0 Å². The largest absolute Gasteiger partial charge is 0.480 e. The molecule has 19 heavy (non-hydrogen) atoms. The fraction of sp³-hybridized carbons (Fsp3) is 0.933. The molecule has 0 bridgehead atoms. The number of hydrogen-bond acceptors (Lipinski definition) is 3. The Morgan fingerprint density at radius 1 is 1.42 bits per heavy atom. The molecule has 0 amide bonds. The molecular formula is C15H30N2O2. The molecule has 112 valence electrons. The first kappa shape index (κ1) is 16.4. The minimum absolute atomic E-state index is 0.183. The molecule has 1 saturated carbocycles. The Morgan fingerprint density at radius 2 is 2.00 bits per heavy atom. The van der Waals surface area contributed by atoms with Crippen molar-refractivity contribution in [1.82, 2.24) is 10.2 Å². The van der Waals surface area contributed by atoms with Gasteiger partial charge in [0.15, 0.2) is 0 Å². The third kappa shape index (κ3) is 4.77. The second-order valence-corrected chi connectivity index (χ2v) is 6.25. The van der Waals surface area contributed by atoms with E-state index < -0.39 is 11.5 Å². The van der Waals surface area contributed by atoms with E-state index in [0.717, 1.165) is 13.1 Å². The second kappa shape index (κ2) is 7.25. The van der Waals surface area contributed by atoms with Gasteiger partial charge >= 0.3 is 5.97 Å². The molecule has 4 nitrogen and oxygen atoms in total. The third-order valence-electron chi connectivity index (χ3n) is 4.23. The highest BCUT2D eigenvalue weighted by molar-refractivity contribution is 5.78. The van der Waals surface area contributed by atoms with Crippen molar-refractivity contribution >= 4 is 5.97 Å². The summed E-state index contributed by atoms with van der Waals surface area (Å²) < 4.78 is 0. The highest BCUT2D eigenvalue weighted by atomic mass is 16.4. The van der Waals surface area contributed by atoms with E-state index in [1.54, 1.807) is 6.92 Å². The van der Waals surface area contributed by atoms with Gasteiger partial charge in [0, 0.05) is 18.6 Å². The number of hydrogen-bond donors (Lipinski definition) is 2. The van der Waals surface area contributed by atoms with Crippen LogP contribution in [0.15, 0.2) is 0 Å². The lowest BCUT2D eigenvalue weighted by molar-refractivity contribution is -0.145. The molecule has 0 aromatic carbocycles. The zero-order chi connectivity index (χ0) is 14.5. The van der Waals surface area contributed by atoms with E-state index in [-0.39, 0.29) is 6.04 Å². The van der Waals surface area contributed by atoms with Crippen molar-refractivity contribution in [2.45, 2.75) is 77.4 Å². The molecule has 1 fully saturated rings. The Balaban J connectivity index is 2.56. The molecule has 0 aromatic rings. The highest BCUT2D eigenvalue weighted by Gasteiger charge is 2.34. The summed E-state index contributed by atoms with van der Waals surface area (Å²) in [5.41, 5.74) is -0.819. The van der Waals surface area contributed by atoms with Gasteiger partial charge < -0.3 is 10.0 Å². The van der Waals surface area contributed by atoms with E-state index >= 15 is 0 Å². The summed E-state index contributed by atoms with van der Waals surface area (Å²) in [5.74, 6) is -0.747. The SMILES string of the molecule is CCN(CCC(C)(NC(C)C)C(=O)O)C1CCCC1. The van der Waals surface area contributed by atoms with Crippen LogP contribution in [0.3, 0.4) is 0 Å². The maximum Gasteiger partial charge on any atom is 0.323 e. The van der Waals surface area contributed by atoms with E-state index in [9.17, 15) is 9.90 Å². The lowest BCUT2D eigenvalue weighted by Gasteiger charge is -2.33. The first-order valence-corrected chi connectivity index (χ1v) is 7.64. The summed E-state index contributed by atoms with van der Waals surface area (Å²) in [6.45, 7) is 9.85. The molecule has 0 aliphatic heterocycles. The normalized spacial score (nSPS) is 20.1. The summed E-state index contributed by atoms with van der Waals surface area (Å²) in [6.07, 6.45) is 5.85. The topological polar surface area (TPSA) is 52.6 Å². The summed E-state index contributed by atoms with van der Waals surface area (Å²) in [7, 11) is 0. The van der Waals surface area contributed by atoms with Crippen LogP contribution in [0.5, 0.6) is 0 Å². The minimum atomic E-state index is -0.819. The molecule has 1 atom stereocenters. The predicted molar refractivity (Wildman–Crippen MR) is 78.4 cm³/mol. The van der Waals surface area contributed by atoms with Crippen LogP contribution in [-0.4, -0.2) is 46.7 Å². The fourth-order valence-electron chi connectivity index (χ4n) is 3.11. The Bertz CT molecular complexity index is 288. The standard InChI is InChI=1S/C15H30N2O2/c1-5-17(13-8-6-7-9-13)11-10-15(4,14(18)19)16-12(2)3/h12-13,16H,5-11H2,1-4H3,(H,18,19).